The second-order valence-electron chi connectivity index (χ2n) is 10.7. The van der Waals surface area contributed by atoms with Crippen molar-refractivity contribution in [2.75, 3.05) is 32.6 Å². The van der Waals surface area contributed by atoms with Gasteiger partial charge in [0.25, 0.3) is 0 Å². The van der Waals surface area contributed by atoms with Gasteiger partial charge in [-0.25, -0.2) is 9.59 Å². The van der Waals surface area contributed by atoms with E-state index < -0.39 is 30.0 Å². The number of likely N-dealkylation sites (tertiary alicyclic amines) is 1. The van der Waals surface area contributed by atoms with Gasteiger partial charge in [0.2, 0.25) is 17.7 Å². The predicted molar refractivity (Wildman–Crippen MR) is 149 cm³/mol. The first-order chi connectivity index (χ1) is 19.5. The number of esters is 1. The summed E-state index contributed by atoms with van der Waals surface area (Å²) >= 11 is 0. The maximum atomic E-state index is 13.8. The molecule has 1 aromatic heterocycles. The van der Waals surface area contributed by atoms with E-state index in [1.54, 1.807) is 30.3 Å². The normalized spacial score (nSPS) is 19.3. The lowest BCUT2D eigenvalue weighted by molar-refractivity contribution is -0.928. The van der Waals surface area contributed by atoms with Crippen molar-refractivity contribution in [3.05, 3.63) is 65.5 Å². The highest BCUT2D eigenvalue weighted by molar-refractivity contribution is 6.03. The third-order valence-electron chi connectivity index (χ3n) is 7.35. The van der Waals surface area contributed by atoms with E-state index >= 15 is 0 Å². The number of piperidine rings is 1. The molecule has 1 unspecified atom stereocenters. The van der Waals surface area contributed by atoms with E-state index in [-0.39, 0.29) is 29.7 Å². The fraction of sp³-hybridized carbons (Fsp3) is 0.393. The van der Waals surface area contributed by atoms with E-state index in [1.807, 2.05) is 6.07 Å². The van der Waals surface area contributed by atoms with Gasteiger partial charge in [-0.15, -0.1) is 10.2 Å². The number of urea groups is 1. The highest BCUT2D eigenvalue weighted by atomic mass is 16.5. The first-order valence-corrected chi connectivity index (χ1v) is 13.3. The maximum absolute atomic E-state index is 13.8. The zero-order chi connectivity index (χ0) is 29.7. The standard InChI is InChI=1S/C28H35N7O6/c1-33-24(26(39)41-3)31-32-27(33)30-28(40)34(25(38)23(29)15-18-9-11-21(36)12-10-18)20-7-5-13-35(2,17-20)16-19-6-4-8-22(37)14-19/h4,6,8-12,14,20,23H,5,7,13,15-17,29H2,1-3H3,(H2-,30,32,36,37,39,40)/p+1/t20-,23-,35?/m0/s1. The summed E-state index contributed by atoms with van der Waals surface area (Å²) in [5.41, 5.74) is 8.03. The molecule has 0 spiro atoms. The number of carbonyl (C=O) groups is 3. The maximum Gasteiger partial charge on any atom is 0.376 e. The van der Waals surface area contributed by atoms with E-state index in [4.69, 9.17) is 10.5 Å². The number of imide groups is 1. The Labute approximate surface area is 237 Å². The molecule has 13 nitrogen and oxygen atoms in total. The minimum Gasteiger partial charge on any atom is -0.508 e. The monoisotopic (exact) mass is 566 g/mol. The van der Waals surface area contributed by atoms with Crippen LogP contribution in [-0.2, 0) is 29.5 Å². The Morgan fingerprint density at radius 2 is 1.88 bits per heavy atom. The van der Waals surface area contributed by atoms with Crippen LogP contribution in [0.5, 0.6) is 11.5 Å². The van der Waals surface area contributed by atoms with Gasteiger partial charge in [-0.3, -0.25) is 19.6 Å². The van der Waals surface area contributed by atoms with E-state index in [0.717, 1.165) is 29.0 Å². The van der Waals surface area contributed by atoms with Gasteiger partial charge < -0.3 is 25.2 Å². The average molecular weight is 567 g/mol. The molecular weight excluding hydrogens is 530 g/mol. The minimum absolute atomic E-state index is 0.0341. The molecule has 0 saturated carbocycles. The highest BCUT2D eigenvalue weighted by Crippen LogP contribution is 2.26. The number of ether oxygens (including phenoxy) is 1. The molecule has 1 aliphatic rings. The molecule has 0 aliphatic carbocycles. The van der Waals surface area contributed by atoms with Gasteiger partial charge in [0.1, 0.15) is 24.6 Å². The Kier molecular flexibility index (Phi) is 8.89. The number of aromatic nitrogens is 3. The Balaban J connectivity index is 1.60. The molecule has 41 heavy (non-hydrogen) atoms. The number of carbonyl (C=O) groups excluding carboxylic acids is 3. The van der Waals surface area contributed by atoms with Gasteiger partial charge in [0.15, 0.2) is 0 Å². The van der Waals surface area contributed by atoms with Gasteiger partial charge in [0.05, 0.1) is 32.8 Å². The molecule has 218 valence electrons. The van der Waals surface area contributed by atoms with Crippen molar-refractivity contribution < 1.29 is 33.8 Å². The first kappa shape index (κ1) is 29.5. The Morgan fingerprint density at radius 1 is 1.15 bits per heavy atom. The molecule has 5 N–H and O–H groups in total. The van der Waals surface area contributed by atoms with Crippen molar-refractivity contribution in [1.29, 1.82) is 0 Å². The molecule has 2 heterocycles. The molecule has 3 aromatic rings. The van der Waals surface area contributed by atoms with E-state index in [0.29, 0.717) is 24.0 Å². The van der Waals surface area contributed by atoms with E-state index in [1.165, 1.54) is 30.9 Å². The number of quaternary nitrogens is 1. The molecule has 0 radical (unpaired) electrons. The van der Waals surface area contributed by atoms with Crippen molar-refractivity contribution in [2.45, 2.75) is 37.9 Å². The van der Waals surface area contributed by atoms with E-state index in [2.05, 4.69) is 22.6 Å². The van der Waals surface area contributed by atoms with Crippen LogP contribution in [0.1, 0.15) is 34.6 Å². The Morgan fingerprint density at radius 3 is 2.56 bits per heavy atom. The summed E-state index contributed by atoms with van der Waals surface area (Å²) in [6.07, 6.45) is 1.48. The summed E-state index contributed by atoms with van der Waals surface area (Å²) in [4.78, 5) is 40.7. The Bertz CT molecular complexity index is 1410. The predicted octanol–water partition coefficient (Wildman–Crippen LogP) is 1.75. The lowest BCUT2D eigenvalue weighted by Crippen LogP contribution is -2.62. The van der Waals surface area contributed by atoms with E-state index in [9.17, 15) is 24.6 Å². The van der Waals surface area contributed by atoms with Gasteiger partial charge in [-0.05, 0) is 49.1 Å². The van der Waals surface area contributed by atoms with Crippen molar-refractivity contribution in [2.24, 2.45) is 12.8 Å². The van der Waals surface area contributed by atoms with Crippen LogP contribution < -0.4 is 11.1 Å². The SMILES string of the molecule is COC(=O)c1nnc(NC(=O)N(C(=O)[C@@H](N)Cc2ccc(O)cc2)[C@H]2CCC[N+](C)(Cc3cccc(O)c3)C2)n1C. The van der Waals surface area contributed by atoms with Crippen molar-refractivity contribution >= 4 is 23.9 Å². The topological polar surface area (TPSA) is 173 Å². The molecule has 3 atom stereocenters. The zero-order valence-electron chi connectivity index (χ0n) is 23.4. The zero-order valence-corrected chi connectivity index (χ0v) is 23.4. The quantitative estimate of drug-likeness (QED) is 0.234. The largest absolute Gasteiger partial charge is 0.508 e. The van der Waals surface area contributed by atoms with Crippen LogP contribution in [-0.4, -0.2) is 91.6 Å². The second kappa shape index (κ2) is 12.4. The molecule has 13 heteroatoms. The first-order valence-electron chi connectivity index (χ1n) is 13.3. The van der Waals surface area contributed by atoms with Crippen LogP contribution >= 0.6 is 0 Å². The van der Waals surface area contributed by atoms with Crippen LogP contribution in [0.25, 0.3) is 0 Å². The van der Waals surface area contributed by atoms with Crippen LogP contribution in [0, 0.1) is 0 Å². The molecule has 3 amide bonds. The summed E-state index contributed by atoms with van der Waals surface area (Å²) in [7, 11) is 4.76. The summed E-state index contributed by atoms with van der Waals surface area (Å²) < 4.78 is 6.51. The van der Waals surface area contributed by atoms with Gasteiger partial charge in [0, 0.05) is 12.6 Å². The van der Waals surface area contributed by atoms with Gasteiger partial charge in [-0.2, -0.15) is 0 Å². The molecule has 2 aromatic carbocycles. The van der Waals surface area contributed by atoms with Crippen LogP contribution in [0.15, 0.2) is 48.5 Å². The van der Waals surface area contributed by atoms with Gasteiger partial charge in [-0.1, -0.05) is 24.3 Å². The van der Waals surface area contributed by atoms with Crippen molar-refractivity contribution in [3.8, 4) is 11.5 Å². The molecule has 1 aliphatic heterocycles. The summed E-state index contributed by atoms with van der Waals surface area (Å²) in [5.74, 6) is -1.17. The molecule has 1 fully saturated rings. The summed E-state index contributed by atoms with van der Waals surface area (Å²) in [6, 6.07) is 11.1. The van der Waals surface area contributed by atoms with Crippen LogP contribution in [0.2, 0.25) is 0 Å². The smallest absolute Gasteiger partial charge is 0.376 e. The fourth-order valence-corrected chi connectivity index (χ4v) is 5.31. The van der Waals surface area contributed by atoms with Crippen molar-refractivity contribution in [3.63, 3.8) is 0 Å². The number of rotatable bonds is 8. The van der Waals surface area contributed by atoms with Crippen LogP contribution in [0.4, 0.5) is 10.7 Å². The molecule has 0 bridgehead atoms. The Hall–Kier alpha value is -4.49. The number of benzene rings is 2. The van der Waals surface area contributed by atoms with Crippen LogP contribution in [0.3, 0.4) is 0 Å². The molecule has 4 rings (SSSR count). The number of anilines is 1. The lowest BCUT2D eigenvalue weighted by Gasteiger charge is -2.44. The number of aromatic hydroxyl groups is 2. The second-order valence-corrected chi connectivity index (χ2v) is 10.7. The number of nitrogens with two attached hydrogens (primary N) is 1. The number of hydrogen-bond acceptors (Lipinski definition) is 9. The minimum atomic E-state index is -1.04. The number of methoxy groups -OCH3 is 1. The number of phenols is 2. The molecule has 1 saturated heterocycles. The van der Waals surface area contributed by atoms with Crippen molar-refractivity contribution in [1.82, 2.24) is 19.7 Å². The number of hydrogen-bond donors (Lipinski definition) is 4. The third kappa shape index (κ3) is 6.99. The summed E-state index contributed by atoms with van der Waals surface area (Å²) in [5, 5.41) is 29.8. The average Bonchev–Trinajstić information content (AvgIpc) is 3.29. The molecular formula is C28H36N7O6+. The lowest BCUT2D eigenvalue weighted by atomic mass is 9.98. The fourth-order valence-electron chi connectivity index (χ4n) is 5.31. The summed E-state index contributed by atoms with van der Waals surface area (Å²) in [6.45, 7) is 1.88. The number of nitrogens with one attached hydrogen (secondary N) is 1. The third-order valence-corrected chi connectivity index (χ3v) is 7.35. The number of amides is 3. The number of nitrogens with zero attached hydrogens (tertiary/aromatic N) is 5. The number of likely N-dealkylation sites (N-methyl/N-ethyl adjacent to an activating group) is 1. The number of phenolic OH excluding ortho intramolecular Hbond substituents is 2. The highest BCUT2D eigenvalue weighted by Gasteiger charge is 2.41. The van der Waals surface area contributed by atoms with Gasteiger partial charge >= 0.3 is 12.0 Å².